The van der Waals surface area contributed by atoms with Crippen LogP contribution in [0.5, 0.6) is 0 Å². The van der Waals surface area contributed by atoms with Crippen LogP contribution in [0, 0.1) is 10.1 Å². The van der Waals surface area contributed by atoms with Crippen molar-refractivity contribution < 1.29 is 4.92 Å². The van der Waals surface area contributed by atoms with E-state index in [1.165, 1.54) is 18.9 Å². The zero-order valence-corrected chi connectivity index (χ0v) is 14.0. The van der Waals surface area contributed by atoms with Crippen LogP contribution in [0.25, 0.3) is 0 Å². The first-order valence-corrected chi connectivity index (χ1v) is 8.73. The third-order valence-corrected chi connectivity index (χ3v) is 4.89. The van der Waals surface area contributed by atoms with Gasteiger partial charge in [-0.25, -0.2) is 0 Å². The molecule has 0 bridgehead atoms. The van der Waals surface area contributed by atoms with E-state index in [1.807, 2.05) is 6.07 Å². The maximum absolute atomic E-state index is 10.9. The van der Waals surface area contributed by atoms with Gasteiger partial charge in [0, 0.05) is 50.8 Å². The summed E-state index contributed by atoms with van der Waals surface area (Å²) in [6.07, 6.45) is 2.48. The first-order valence-electron chi connectivity index (χ1n) is 8.73. The molecule has 2 heterocycles. The van der Waals surface area contributed by atoms with Crippen LogP contribution in [0.15, 0.2) is 36.4 Å². The second-order valence-electron chi connectivity index (χ2n) is 6.78. The minimum absolute atomic E-state index is 0.155. The fraction of sp³-hybridized carbons (Fsp3) is 0.444. The van der Waals surface area contributed by atoms with E-state index in [9.17, 15) is 10.1 Å². The largest absolute Gasteiger partial charge is 0.353 e. The third kappa shape index (κ3) is 3.76. The van der Waals surface area contributed by atoms with Crippen molar-refractivity contribution in [1.29, 1.82) is 0 Å². The molecule has 2 aliphatic rings. The van der Waals surface area contributed by atoms with Crippen molar-refractivity contribution in [2.75, 3.05) is 31.1 Å². The van der Waals surface area contributed by atoms with Crippen LogP contribution in [-0.2, 0) is 6.54 Å². The molecule has 2 fully saturated rings. The van der Waals surface area contributed by atoms with Crippen molar-refractivity contribution in [3.05, 3.63) is 57.8 Å². The summed E-state index contributed by atoms with van der Waals surface area (Å²) in [5.41, 5.74) is 2.26. The average molecular weight is 339 g/mol. The predicted octanol–water partition coefficient (Wildman–Crippen LogP) is 2.58. The van der Waals surface area contributed by atoms with Crippen LogP contribution in [0.2, 0.25) is 0 Å². The molecule has 7 nitrogen and oxygen atoms in total. The van der Waals surface area contributed by atoms with Crippen molar-refractivity contribution in [1.82, 2.24) is 15.1 Å². The van der Waals surface area contributed by atoms with E-state index in [-0.39, 0.29) is 10.6 Å². The molecule has 130 valence electrons. The zero-order chi connectivity index (χ0) is 17.2. The number of nitro groups is 1. The lowest BCUT2D eigenvalue weighted by atomic mass is 10.1. The lowest BCUT2D eigenvalue weighted by Gasteiger charge is -2.35. The molecule has 2 aromatic rings. The molecule has 1 aliphatic carbocycles. The number of benzene rings is 1. The molecule has 0 N–H and O–H groups in total. The third-order valence-electron chi connectivity index (χ3n) is 4.89. The standard InChI is InChI=1S/C18H21N5O2/c24-23(25)16-3-1-2-14(12-16)13-21-8-10-22(11-9-21)18-7-6-17(19-20-18)15-4-5-15/h1-3,6-7,12,15H,4-5,8-11,13H2. The Morgan fingerprint density at radius 3 is 2.52 bits per heavy atom. The van der Waals surface area contributed by atoms with Crippen LogP contribution in [0.1, 0.15) is 30.0 Å². The summed E-state index contributed by atoms with van der Waals surface area (Å²) in [4.78, 5) is 15.1. The van der Waals surface area contributed by atoms with Gasteiger partial charge in [-0.2, -0.15) is 5.10 Å². The number of non-ortho nitro benzene ring substituents is 1. The van der Waals surface area contributed by atoms with Gasteiger partial charge in [0.1, 0.15) is 0 Å². The van der Waals surface area contributed by atoms with E-state index in [0.717, 1.165) is 49.8 Å². The van der Waals surface area contributed by atoms with E-state index in [0.29, 0.717) is 5.92 Å². The fourth-order valence-electron chi connectivity index (χ4n) is 3.26. The topological polar surface area (TPSA) is 75.4 Å². The average Bonchev–Trinajstić information content (AvgIpc) is 3.48. The highest BCUT2D eigenvalue weighted by atomic mass is 16.6. The van der Waals surface area contributed by atoms with E-state index in [4.69, 9.17) is 0 Å². The highest BCUT2D eigenvalue weighted by molar-refractivity contribution is 5.39. The van der Waals surface area contributed by atoms with Gasteiger partial charge in [-0.15, -0.1) is 5.10 Å². The summed E-state index contributed by atoms with van der Waals surface area (Å²) in [6.45, 7) is 4.35. The summed E-state index contributed by atoms with van der Waals surface area (Å²) >= 11 is 0. The number of rotatable bonds is 5. The number of nitrogens with zero attached hydrogens (tertiary/aromatic N) is 5. The maximum atomic E-state index is 10.9. The maximum Gasteiger partial charge on any atom is 0.269 e. The van der Waals surface area contributed by atoms with Crippen molar-refractivity contribution >= 4 is 11.5 Å². The van der Waals surface area contributed by atoms with Gasteiger partial charge in [-0.1, -0.05) is 12.1 Å². The molecule has 4 rings (SSSR count). The minimum Gasteiger partial charge on any atom is -0.353 e. The van der Waals surface area contributed by atoms with Crippen molar-refractivity contribution in [3.63, 3.8) is 0 Å². The molecule has 1 aliphatic heterocycles. The molecule has 0 unspecified atom stereocenters. The van der Waals surface area contributed by atoms with Crippen LogP contribution < -0.4 is 4.90 Å². The Balaban J connectivity index is 1.33. The van der Waals surface area contributed by atoms with Crippen LogP contribution >= 0.6 is 0 Å². The highest BCUT2D eigenvalue weighted by Gasteiger charge is 2.26. The molecular weight excluding hydrogens is 318 g/mol. The number of piperazine rings is 1. The summed E-state index contributed by atoms with van der Waals surface area (Å²) in [7, 11) is 0. The molecule has 1 aromatic carbocycles. The summed E-state index contributed by atoms with van der Waals surface area (Å²) in [6, 6.07) is 11.1. The number of nitro benzene ring substituents is 1. The number of hydrogen-bond acceptors (Lipinski definition) is 6. The van der Waals surface area contributed by atoms with Crippen molar-refractivity contribution in [2.24, 2.45) is 0 Å². The smallest absolute Gasteiger partial charge is 0.269 e. The highest BCUT2D eigenvalue weighted by Crippen LogP contribution is 2.38. The van der Waals surface area contributed by atoms with Gasteiger partial charge in [-0.3, -0.25) is 15.0 Å². The Hall–Kier alpha value is -2.54. The first-order chi connectivity index (χ1) is 12.2. The Kier molecular flexibility index (Phi) is 4.31. The Morgan fingerprint density at radius 2 is 1.88 bits per heavy atom. The van der Waals surface area contributed by atoms with E-state index < -0.39 is 0 Å². The summed E-state index contributed by atoms with van der Waals surface area (Å²) < 4.78 is 0. The molecule has 0 amide bonds. The number of anilines is 1. The first kappa shape index (κ1) is 16.0. The molecule has 25 heavy (non-hydrogen) atoms. The quantitative estimate of drug-likeness (QED) is 0.616. The molecule has 0 radical (unpaired) electrons. The molecule has 7 heteroatoms. The van der Waals surface area contributed by atoms with Gasteiger partial charge in [0.25, 0.3) is 5.69 Å². The molecule has 0 atom stereocenters. The fourth-order valence-corrected chi connectivity index (χ4v) is 3.26. The van der Waals surface area contributed by atoms with E-state index >= 15 is 0 Å². The lowest BCUT2D eigenvalue weighted by Crippen LogP contribution is -2.46. The minimum atomic E-state index is -0.342. The van der Waals surface area contributed by atoms with E-state index in [2.05, 4.69) is 32.1 Å². The predicted molar refractivity (Wildman–Crippen MR) is 94.6 cm³/mol. The van der Waals surface area contributed by atoms with Gasteiger partial charge in [0.2, 0.25) is 0 Å². The van der Waals surface area contributed by atoms with Gasteiger partial charge in [0.05, 0.1) is 10.6 Å². The molecule has 1 saturated heterocycles. The zero-order valence-electron chi connectivity index (χ0n) is 14.0. The Bertz CT molecular complexity index is 752. The van der Waals surface area contributed by atoms with E-state index in [1.54, 1.807) is 12.1 Å². The monoisotopic (exact) mass is 339 g/mol. The second kappa shape index (κ2) is 6.76. The Labute approximate surface area is 146 Å². The van der Waals surface area contributed by atoms with Crippen molar-refractivity contribution in [3.8, 4) is 0 Å². The normalized spacial score (nSPS) is 18.3. The van der Waals surface area contributed by atoms with Crippen LogP contribution in [-0.4, -0.2) is 46.2 Å². The molecule has 1 aromatic heterocycles. The Morgan fingerprint density at radius 1 is 1.08 bits per heavy atom. The van der Waals surface area contributed by atoms with Gasteiger partial charge in [-0.05, 0) is 30.5 Å². The van der Waals surface area contributed by atoms with Gasteiger partial charge in [0.15, 0.2) is 5.82 Å². The number of hydrogen-bond donors (Lipinski definition) is 0. The lowest BCUT2D eigenvalue weighted by molar-refractivity contribution is -0.384. The van der Waals surface area contributed by atoms with Crippen LogP contribution in [0.4, 0.5) is 11.5 Å². The molecule has 1 saturated carbocycles. The van der Waals surface area contributed by atoms with Crippen LogP contribution in [0.3, 0.4) is 0 Å². The van der Waals surface area contributed by atoms with Gasteiger partial charge >= 0.3 is 0 Å². The summed E-state index contributed by atoms with van der Waals surface area (Å²) in [5.74, 6) is 1.58. The SMILES string of the molecule is O=[N+]([O-])c1cccc(CN2CCN(c3ccc(C4CC4)nn3)CC2)c1. The van der Waals surface area contributed by atoms with Gasteiger partial charge < -0.3 is 4.90 Å². The summed E-state index contributed by atoms with van der Waals surface area (Å²) in [5, 5.41) is 19.6. The molecular formula is C18H21N5O2. The van der Waals surface area contributed by atoms with Crippen molar-refractivity contribution in [2.45, 2.75) is 25.3 Å². The molecule has 0 spiro atoms. The second-order valence-corrected chi connectivity index (χ2v) is 6.78. The number of aromatic nitrogens is 2.